The molecular formula is C20H26N2O2S2. The minimum atomic E-state index is -0.750. The number of carboxylic acids is 1. The van der Waals surface area contributed by atoms with E-state index in [9.17, 15) is 4.79 Å². The molecule has 2 aromatic heterocycles. The van der Waals surface area contributed by atoms with E-state index in [1.54, 1.807) is 11.3 Å². The second kappa shape index (κ2) is 7.69. The van der Waals surface area contributed by atoms with Gasteiger partial charge in [-0.1, -0.05) is 13.3 Å². The van der Waals surface area contributed by atoms with Crippen LogP contribution in [0.2, 0.25) is 0 Å². The second-order valence-corrected chi connectivity index (χ2v) is 9.71. The summed E-state index contributed by atoms with van der Waals surface area (Å²) < 4.78 is 0. The number of aryl methyl sites for hydroxylation is 1. The van der Waals surface area contributed by atoms with Gasteiger partial charge in [0.25, 0.3) is 0 Å². The predicted octanol–water partition coefficient (Wildman–Crippen LogP) is 5.15. The average Bonchev–Trinajstić information content (AvgIpc) is 3.42. The first-order chi connectivity index (χ1) is 12.6. The molecule has 0 saturated heterocycles. The monoisotopic (exact) mass is 390 g/mol. The fraction of sp³-hybridized carbons (Fsp3) is 0.600. The Hall–Kier alpha value is -1.40. The van der Waals surface area contributed by atoms with Crippen LogP contribution < -0.4 is 4.90 Å². The van der Waals surface area contributed by atoms with E-state index in [-0.39, 0.29) is 6.42 Å². The quantitative estimate of drug-likeness (QED) is 0.677. The summed E-state index contributed by atoms with van der Waals surface area (Å²) in [5, 5.41) is 12.3. The van der Waals surface area contributed by atoms with E-state index in [2.05, 4.69) is 29.3 Å². The fourth-order valence-corrected chi connectivity index (χ4v) is 6.45. The Bertz CT molecular complexity index is 769. The van der Waals surface area contributed by atoms with Crippen molar-refractivity contribution >= 4 is 33.8 Å². The van der Waals surface area contributed by atoms with Gasteiger partial charge in [0.15, 0.2) is 5.13 Å². The number of thiophene rings is 1. The molecule has 4 nitrogen and oxygen atoms in total. The zero-order chi connectivity index (χ0) is 18.1. The van der Waals surface area contributed by atoms with Crippen molar-refractivity contribution in [2.45, 2.75) is 57.9 Å². The Balaban J connectivity index is 1.50. The van der Waals surface area contributed by atoms with Gasteiger partial charge in [-0.25, -0.2) is 4.98 Å². The van der Waals surface area contributed by atoms with E-state index < -0.39 is 5.97 Å². The minimum Gasteiger partial charge on any atom is -0.481 e. The Morgan fingerprint density at radius 1 is 1.31 bits per heavy atom. The summed E-state index contributed by atoms with van der Waals surface area (Å²) in [7, 11) is 0. The number of rotatable bonds is 8. The Kier molecular flexibility index (Phi) is 5.32. The number of carboxylic acid groups (broad SMARTS) is 1. The van der Waals surface area contributed by atoms with Crippen LogP contribution in [0.1, 0.15) is 60.4 Å². The highest BCUT2D eigenvalue weighted by Crippen LogP contribution is 2.53. The van der Waals surface area contributed by atoms with Gasteiger partial charge in [-0.15, -0.1) is 22.7 Å². The molecule has 4 rings (SSSR count). The molecule has 1 N–H and O–H groups in total. The van der Waals surface area contributed by atoms with Gasteiger partial charge in [-0.05, 0) is 49.7 Å². The van der Waals surface area contributed by atoms with Crippen LogP contribution >= 0.6 is 22.7 Å². The maximum atomic E-state index is 11.1. The van der Waals surface area contributed by atoms with Gasteiger partial charge in [-0.2, -0.15) is 0 Å². The molecule has 3 atom stereocenters. The van der Waals surface area contributed by atoms with Crippen molar-refractivity contribution in [3.05, 3.63) is 33.0 Å². The van der Waals surface area contributed by atoms with E-state index in [1.165, 1.54) is 41.1 Å². The number of aromatic nitrogens is 1. The zero-order valence-electron chi connectivity index (χ0n) is 15.2. The summed E-state index contributed by atoms with van der Waals surface area (Å²) in [6.45, 7) is 3.43. The smallest absolute Gasteiger partial charge is 0.305 e. The van der Waals surface area contributed by atoms with Crippen molar-refractivity contribution in [2.75, 3.05) is 11.4 Å². The third kappa shape index (κ3) is 3.81. The predicted molar refractivity (Wildman–Crippen MR) is 107 cm³/mol. The van der Waals surface area contributed by atoms with E-state index in [4.69, 9.17) is 10.1 Å². The van der Waals surface area contributed by atoms with Crippen LogP contribution in [-0.4, -0.2) is 22.6 Å². The lowest BCUT2D eigenvalue weighted by atomic mass is 9.87. The van der Waals surface area contributed by atoms with Crippen LogP contribution in [0.4, 0.5) is 5.13 Å². The van der Waals surface area contributed by atoms with E-state index >= 15 is 0 Å². The largest absolute Gasteiger partial charge is 0.481 e. The Morgan fingerprint density at radius 3 is 2.81 bits per heavy atom. The van der Waals surface area contributed by atoms with Crippen LogP contribution in [0, 0.1) is 11.8 Å². The van der Waals surface area contributed by atoms with Gasteiger partial charge in [0.1, 0.15) is 0 Å². The molecule has 3 unspecified atom stereocenters. The third-order valence-electron chi connectivity index (χ3n) is 5.91. The number of anilines is 1. The first kappa shape index (κ1) is 18.0. The molecule has 2 aliphatic carbocycles. The molecule has 0 aliphatic heterocycles. The van der Waals surface area contributed by atoms with Crippen molar-refractivity contribution in [1.29, 1.82) is 0 Å². The van der Waals surface area contributed by atoms with E-state index in [0.29, 0.717) is 12.5 Å². The van der Waals surface area contributed by atoms with Crippen LogP contribution in [0.5, 0.6) is 0 Å². The molecule has 6 heteroatoms. The molecule has 2 saturated carbocycles. The van der Waals surface area contributed by atoms with Gasteiger partial charge < -0.3 is 10.0 Å². The van der Waals surface area contributed by atoms with Gasteiger partial charge in [0.2, 0.25) is 0 Å². The number of nitrogens with zero attached hydrogens (tertiary/aromatic N) is 2. The molecule has 2 heterocycles. The molecule has 0 aromatic carbocycles. The lowest BCUT2D eigenvalue weighted by Gasteiger charge is -2.21. The number of hydrogen-bond acceptors (Lipinski definition) is 5. The first-order valence-electron chi connectivity index (χ1n) is 9.62. The molecule has 0 spiro atoms. The third-order valence-corrected chi connectivity index (χ3v) is 8.04. The SMILES string of the molecule is CCc1ccc(CN(CCC(=O)O)c2nc(C3CC4CCC3C4)cs2)s1. The maximum absolute atomic E-state index is 11.1. The molecular weight excluding hydrogens is 364 g/mol. The van der Waals surface area contributed by atoms with Gasteiger partial charge >= 0.3 is 5.97 Å². The maximum Gasteiger partial charge on any atom is 0.305 e. The van der Waals surface area contributed by atoms with Crippen molar-refractivity contribution < 1.29 is 9.90 Å². The number of carbonyl (C=O) groups is 1. The highest BCUT2D eigenvalue weighted by atomic mass is 32.1. The summed E-state index contributed by atoms with van der Waals surface area (Å²) >= 11 is 3.50. The molecule has 2 fully saturated rings. The lowest BCUT2D eigenvalue weighted by Crippen LogP contribution is -2.25. The summed E-state index contributed by atoms with van der Waals surface area (Å²) in [5.74, 6) is 1.62. The zero-order valence-corrected chi connectivity index (χ0v) is 16.8. The Labute approximate surface area is 162 Å². The normalized spacial score (nSPS) is 24.3. The summed E-state index contributed by atoms with van der Waals surface area (Å²) in [4.78, 5) is 20.9. The summed E-state index contributed by atoms with van der Waals surface area (Å²) in [6.07, 6.45) is 6.64. The Morgan fingerprint density at radius 2 is 2.15 bits per heavy atom. The number of hydrogen-bond donors (Lipinski definition) is 1. The first-order valence-corrected chi connectivity index (χ1v) is 11.3. The lowest BCUT2D eigenvalue weighted by molar-refractivity contribution is -0.136. The van der Waals surface area contributed by atoms with Crippen molar-refractivity contribution in [1.82, 2.24) is 4.98 Å². The van der Waals surface area contributed by atoms with Crippen LogP contribution in [-0.2, 0) is 17.8 Å². The fourth-order valence-electron chi connectivity index (χ4n) is 4.56. The average molecular weight is 391 g/mol. The van der Waals surface area contributed by atoms with Crippen LogP contribution in [0.3, 0.4) is 0 Å². The topological polar surface area (TPSA) is 53.4 Å². The van der Waals surface area contributed by atoms with Crippen molar-refractivity contribution in [2.24, 2.45) is 11.8 Å². The minimum absolute atomic E-state index is 0.148. The molecule has 26 heavy (non-hydrogen) atoms. The van der Waals surface area contributed by atoms with Gasteiger partial charge in [-0.3, -0.25) is 4.79 Å². The van der Waals surface area contributed by atoms with E-state index in [1.807, 2.05) is 11.3 Å². The van der Waals surface area contributed by atoms with Crippen LogP contribution in [0.25, 0.3) is 0 Å². The van der Waals surface area contributed by atoms with Crippen LogP contribution in [0.15, 0.2) is 17.5 Å². The highest BCUT2D eigenvalue weighted by molar-refractivity contribution is 7.14. The summed E-state index contributed by atoms with van der Waals surface area (Å²) in [6, 6.07) is 4.35. The number of aliphatic carboxylic acids is 1. The molecule has 2 aromatic rings. The summed E-state index contributed by atoms with van der Waals surface area (Å²) in [5.41, 5.74) is 1.25. The molecule has 2 aliphatic rings. The van der Waals surface area contributed by atoms with E-state index in [0.717, 1.165) is 29.9 Å². The molecule has 0 radical (unpaired) electrons. The number of fused-ring (bicyclic) bond motifs is 2. The van der Waals surface area contributed by atoms with Crippen molar-refractivity contribution in [3.63, 3.8) is 0 Å². The highest BCUT2D eigenvalue weighted by Gasteiger charge is 2.41. The van der Waals surface area contributed by atoms with Crippen molar-refractivity contribution in [3.8, 4) is 0 Å². The standard InChI is InChI=1S/C20H26N2O2S2/c1-2-15-5-6-16(26-15)11-22(8-7-19(23)24)20-21-18(12-25-20)17-10-13-3-4-14(17)9-13/h5-6,12-14,17H,2-4,7-11H2,1H3,(H,23,24). The van der Waals surface area contributed by atoms with Gasteiger partial charge in [0.05, 0.1) is 18.7 Å². The molecule has 2 bridgehead atoms. The second-order valence-electron chi connectivity index (χ2n) is 7.62. The van der Waals surface area contributed by atoms with Gasteiger partial charge in [0, 0.05) is 27.6 Å². The molecule has 0 amide bonds. The molecule has 140 valence electrons. The number of thiazole rings is 1.